The molecule has 0 radical (unpaired) electrons. The number of nitrogens with zero attached hydrogens (tertiary/aromatic N) is 1. The Morgan fingerprint density at radius 2 is 1.69 bits per heavy atom. The van der Waals surface area contributed by atoms with Crippen molar-refractivity contribution >= 4 is 11.8 Å². The quantitative estimate of drug-likeness (QED) is 0.793. The number of hydrogen-bond donors (Lipinski definition) is 1. The van der Waals surface area contributed by atoms with Crippen LogP contribution in [0.1, 0.15) is 30.0 Å². The van der Waals surface area contributed by atoms with Gasteiger partial charge in [0.05, 0.1) is 7.11 Å². The van der Waals surface area contributed by atoms with Crippen molar-refractivity contribution in [1.82, 2.24) is 10.2 Å². The van der Waals surface area contributed by atoms with Gasteiger partial charge in [-0.3, -0.25) is 9.59 Å². The molecular weight excluding hydrogens is 328 g/mol. The molecule has 0 saturated heterocycles. The zero-order valence-electron chi connectivity index (χ0n) is 15.6. The smallest absolute Gasteiger partial charge is 0.222 e. The number of para-hydroxylation sites is 1. The normalized spacial score (nSPS) is 10.3. The minimum atomic E-state index is -0.0699. The van der Waals surface area contributed by atoms with Gasteiger partial charge in [-0.15, -0.1) is 0 Å². The van der Waals surface area contributed by atoms with Crippen LogP contribution in [-0.4, -0.2) is 30.4 Å². The van der Waals surface area contributed by atoms with Crippen molar-refractivity contribution in [2.45, 2.75) is 33.4 Å². The van der Waals surface area contributed by atoms with Crippen molar-refractivity contribution in [2.75, 3.05) is 13.7 Å². The first-order valence-electron chi connectivity index (χ1n) is 8.70. The van der Waals surface area contributed by atoms with Gasteiger partial charge in [-0.1, -0.05) is 42.5 Å². The summed E-state index contributed by atoms with van der Waals surface area (Å²) in [6.45, 7) is 4.82. The summed E-state index contributed by atoms with van der Waals surface area (Å²) in [6, 6.07) is 15.5. The van der Waals surface area contributed by atoms with Crippen molar-refractivity contribution in [3.63, 3.8) is 0 Å². The Balaban J connectivity index is 1.89. The SMILES string of the molecule is COc1ccccc1CN(CCC(=O)NCc1ccccc1C)C(C)=O. The molecule has 0 aliphatic heterocycles. The van der Waals surface area contributed by atoms with E-state index in [-0.39, 0.29) is 18.2 Å². The third-order valence-electron chi connectivity index (χ3n) is 4.35. The Morgan fingerprint density at radius 1 is 1.04 bits per heavy atom. The largest absolute Gasteiger partial charge is 0.496 e. The van der Waals surface area contributed by atoms with E-state index in [1.165, 1.54) is 6.92 Å². The maximum absolute atomic E-state index is 12.2. The lowest BCUT2D eigenvalue weighted by Gasteiger charge is -2.22. The summed E-state index contributed by atoms with van der Waals surface area (Å²) in [5.41, 5.74) is 3.16. The number of nitrogens with one attached hydrogen (secondary N) is 1. The first kappa shape index (κ1) is 19.5. The van der Waals surface area contributed by atoms with Gasteiger partial charge < -0.3 is 15.0 Å². The van der Waals surface area contributed by atoms with Gasteiger partial charge in [0.1, 0.15) is 5.75 Å². The molecule has 2 rings (SSSR count). The molecule has 1 N–H and O–H groups in total. The molecule has 2 amide bonds. The van der Waals surface area contributed by atoms with Crippen molar-refractivity contribution in [3.05, 3.63) is 65.2 Å². The predicted octanol–water partition coefficient (Wildman–Crippen LogP) is 3.06. The highest BCUT2D eigenvalue weighted by molar-refractivity contribution is 5.78. The summed E-state index contributed by atoms with van der Waals surface area (Å²) in [5, 5.41) is 2.92. The van der Waals surface area contributed by atoms with E-state index in [9.17, 15) is 9.59 Å². The molecule has 0 bridgehead atoms. The zero-order valence-corrected chi connectivity index (χ0v) is 15.6. The van der Waals surface area contributed by atoms with Crippen LogP contribution in [0.2, 0.25) is 0 Å². The van der Waals surface area contributed by atoms with Gasteiger partial charge in [-0.2, -0.15) is 0 Å². The number of aryl methyl sites for hydroxylation is 1. The van der Waals surface area contributed by atoms with Gasteiger partial charge in [-0.05, 0) is 24.1 Å². The van der Waals surface area contributed by atoms with Gasteiger partial charge in [0.15, 0.2) is 0 Å². The third-order valence-corrected chi connectivity index (χ3v) is 4.35. The fourth-order valence-corrected chi connectivity index (χ4v) is 2.71. The Kier molecular flexibility index (Phi) is 7.21. The molecule has 0 aliphatic carbocycles. The molecule has 26 heavy (non-hydrogen) atoms. The maximum Gasteiger partial charge on any atom is 0.222 e. The summed E-state index contributed by atoms with van der Waals surface area (Å²) in [4.78, 5) is 25.8. The minimum absolute atomic E-state index is 0.0670. The minimum Gasteiger partial charge on any atom is -0.496 e. The van der Waals surface area contributed by atoms with Crippen LogP contribution in [0.4, 0.5) is 0 Å². The maximum atomic E-state index is 12.2. The Labute approximate surface area is 155 Å². The molecule has 5 heteroatoms. The molecule has 138 valence electrons. The number of carbonyl (C=O) groups excluding carboxylic acids is 2. The fraction of sp³-hybridized carbons (Fsp3) is 0.333. The first-order chi connectivity index (χ1) is 12.5. The van der Waals surface area contributed by atoms with Crippen molar-refractivity contribution in [2.24, 2.45) is 0 Å². The monoisotopic (exact) mass is 354 g/mol. The van der Waals surface area contributed by atoms with Crippen molar-refractivity contribution in [1.29, 1.82) is 0 Å². The van der Waals surface area contributed by atoms with Crippen molar-refractivity contribution in [3.8, 4) is 5.75 Å². The van der Waals surface area contributed by atoms with E-state index < -0.39 is 0 Å². The molecule has 0 saturated carbocycles. The lowest BCUT2D eigenvalue weighted by Crippen LogP contribution is -2.33. The molecule has 0 heterocycles. The van der Waals surface area contributed by atoms with Crippen LogP contribution >= 0.6 is 0 Å². The summed E-state index contributed by atoms with van der Waals surface area (Å²) >= 11 is 0. The number of methoxy groups -OCH3 is 1. The van der Waals surface area contributed by atoms with Crippen LogP contribution in [-0.2, 0) is 22.7 Å². The summed E-state index contributed by atoms with van der Waals surface area (Å²) in [6.07, 6.45) is 0.264. The molecule has 0 atom stereocenters. The summed E-state index contributed by atoms with van der Waals surface area (Å²) in [7, 11) is 1.61. The first-order valence-corrected chi connectivity index (χ1v) is 8.70. The van der Waals surface area contributed by atoms with E-state index in [1.54, 1.807) is 12.0 Å². The molecule has 0 aliphatic rings. The van der Waals surface area contributed by atoms with Crippen LogP contribution in [0, 0.1) is 6.92 Å². The van der Waals surface area contributed by atoms with E-state index in [0.717, 1.165) is 22.4 Å². The van der Waals surface area contributed by atoms with Gasteiger partial charge in [-0.25, -0.2) is 0 Å². The lowest BCUT2D eigenvalue weighted by atomic mass is 10.1. The summed E-state index contributed by atoms with van der Waals surface area (Å²) < 4.78 is 5.33. The second-order valence-corrected chi connectivity index (χ2v) is 6.21. The Hall–Kier alpha value is -2.82. The average molecular weight is 354 g/mol. The lowest BCUT2D eigenvalue weighted by molar-refractivity contribution is -0.130. The van der Waals surface area contributed by atoms with Gasteiger partial charge in [0.25, 0.3) is 0 Å². The van der Waals surface area contributed by atoms with E-state index in [0.29, 0.717) is 19.6 Å². The van der Waals surface area contributed by atoms with Crippen LogP contribution in [0.15, 0.2) is 48.5 Å². The number of amides is 2. The number of rotatable bonds is 8. The molecule has 5 nitrogen and oxygen atoms in total. The molecule has 0 unspecified atom stereocenters. The van der Waals surface area contributed by atoms with Gasteiger partial charge >= 0.3 is 0 Å². The van der Waals surface area contributed by atoms with Crippen molar-refractivity contribution < 1.29 is 14.3 Å². The number of hydrogen-bond acceptors (Lipinski definition) is 3. The molecule has 2 aromatic carbocycles. The molecule has 0 aromatic heterocycles. The summed E-state index contributed by atoms with van der Waals surface area (Å²) in [5.74, 6) is 0.602. The van der Waals surface area contributed by atoms with E-state index >= 15 is 0 Å². The molecular formula is C21H26N2O3. The van der Waals surface area contributed by atoms with Gasteiger partial charge in [0, 0.05) is 38.5 Å². The Morgan fingerprint density at radius 3 is 2.35 bits per heavy atom. The second-order valence-electron chi connectivity index (χ2n) is 6.21. The second kappa shape index (κ2) is 9.61. The number of carbonyl (C=O) groups is 2. The highest BCUT2D eigenvalue weighted by Gasteiger charge is 2.14. The van der Waals surface area contributed by atoms with Crippen LogP contribution in [0.3, 0.4) is 0 Å². The molecule has 0 spiro atoms. The topological polar surface area (TPSA) is 58.6 Å². The molecule has 0 fully saturated rings. The highest BCUT2D eigenvalue weighted by Crippen LogP contribution is 2.19. The number of benzene rings is 2. The average Bonchev–Trinajstić information content (AvgIpc) is 2.64. The van der Waals surface area contributed by atoms with E-state index in [2.05, 4.69) is 5.32 Å². The highest BCUT2D eigenvalue weighted by atomic mass is 16.5. The molecule has 2 aromatic rings. The number of ether oxygens (including phenoxy) is 1. The Bertz CT molecular complexity index is 758. The van der Waals surface area contributed by atoms with Crippen LogP contribution in [0.25, 0.3) is 0 Å². The standard InChI is InChI=1S/C21H26N2O3/c1-16-8-4-5-9-18(16)14-22-21(25)12-13-23(17(2)24)15-19-10-6-7-11-20(19)26-3/h4-11H,12-15H2,1-3H3,(H,22,25). The van der Waals surface area contributed by atoms with E-state index in [4.69, 9.17) is 4.74 Å². The predicted molar refractivity (Wildman–Crippen MR) is 102 cm³/mol. The van der Waals surface area contributed by atoms with Gasteiger partial charge in [0.2, 0.25) is 11.8 Å². The van der Waals surface area contributed by atoms with Crippen LogP contribution < -0.4 is 10.1 Å². The third kappa shape index (κ3) is 5.62. The van der Waals surface area contributed by atoms with Crippen LogP contribution in [0.5, 0.6) is 5.75 Å². The fourth-order valence-electron chi connectivity index (χ4n) is 2.71. The van der Waals surface area contributed by atoms with E-state index in [1.807, 2.05) is 55.5 Å². The zero-order chi connectivity index (χ0) is 18.9.